The van der Waals surface area contributed by atoms with E-state index in [1.807, 2.05) is 0 Å². The SMILES string of the molecule is CCCCOCCC1(c2ccc(C)cc2)CNC1. The number of hydrogen-bond acceptors (Lipinski definition) is 2. The second-order valence-corrected chi connectivity index (χ2v) is 5.47. The molecule has 1 N–H and O–H groups in total. The molecule has 1 heterocycles. The van der Waals surface area contributed by atoms with Crippen molar-refractivity contribution in [2.45, 2.75) is 38.5 Å². The van der Waals surface area contributed by atoms with E-state index in [-0.39, 0.29) is 0 Å². The van der Waals surface area contributed by atoms with E-state index in [0.717, 1.165) is 32.7 Å². The van der Waals surface area contributed by atoms with Gasteiger partial charge in [0.05, 0.1) is 0 Å². The maximum Gasteiger partial charge on any atom is 0.0475 e. The predicted octanol–water partition coefficient (Wildman–Crippen LogP) is 3.04. The van der Waals surface area contributed by atoms with E-state index in [2.05, 4.69) is 43.4 Å². The minimum absolute atomic E-state index is 0.319. The van der Waals surface area contributed by atoms with E-state index in [9.17, 15) is 0 Å². The van der Waals surface area contributed by atoms with Crippen LogP contribution in [0.25, 0.3) is 0 Å². The van der Waals surface area contributed by atoms with Crippen LogP contribution in [0.5, 0.6) is 0 Å². The lowest BCUT2D eigenvalue weighted by molar-refractivity contribution is 0.0973. The molecule has 2 heteroatoms. The van der Waals surface area contributed by atoms with Crippen LogP contribution in [-0.2, 0) is 10.2 Å². The highest BCUT2D eigenvalue weighted by atomic mass is 16.5. The lowest BCUT2D eigenvalue weighted by atomic mass is 9.73. The summed E-state index contributed by atoms with van der Waals surface area (Å²) in [6.45, 7) is 8.32. The zero-order valence-corrected chi connectivity index (χ0v) is 11.7. The summed E-state index contributed by atoms with van der Waals surface area (Å²) in [7, 11) is 0. The van der Waals surface area contributed by atoms with E-state index in [1.165, 1.54) is 24.0 Å². The predicted molar refractivity (Wildman–Crippen MR) is 76.1 cm³/mol. The first-order valence-corrected chi connectivity index (χ1v) is 7.12. The highest BCUT2D eigenvalue weighted by Gasteiger charge is 2.37. The van der Waals surface area contributed by atoms with Gasteiger partial charge in [-0.2, -0.15) is 0 Å². The third-order valence-electron chi connectivity index (χ3n) is 3.96. The Bertz CT molecular complexity index is 354. The molecular formula is C16H25NO. The number of rotatable bonds is 7. The maximum absolute atomic E-state index is 5.72. The first kappa shape index (κ1) is 13.6. The van der Waals surface area contributed by atoms with Gasteiger partial charge in [0.15, 0.2) is 0 Å². The second kappa shape index (κ2) is 6.35. The lowest BCUT2D eigenvalue weighted by Gasteiger charge is -2.43. The summed E-state index contributed by atoms with van der Waals surface area (Å²) in [4.78, 5) is 0. The molecule has 2 nitrogen and oxygen atoms in total. The number of benzene rings is 1. The molecule has 0 unspecified atom stereocenters. The molecular weight excluding hydrogens is 222 g/mol. The highest BCUT2D eigenvalue weighted by molar-refractivity contribution is 5.32. The van der Waals surface area contributed by atoms with Crippen molar-refractivity contribution in [3.8, 4) is 0 Å². The van der Waals surface area contributed by atoms with Crippen LogP contribution < -0.4 is 5.32 Å². The van der Waals surface area contributed by atoms with Crippen molar-refractivity contribution >= 4 is 0 Å². The second-order valence-electron chi connectivity index (χ2n) is 5.47. The Morgan fingerprint density at radius 3 is 2.44 bits per heavy atom. The molecule has 0 aromatic heterocycles. The highest BCUT2D eigenvalue weighted by Crippen LogP contribution is 2.32. The molecule has 0 saturated carbocycles. The van der Waals surface area contributed by atoms with Gasteiger partial charge < -0.3 is 10.1 Å². The molecule has 0 spiro atoms. The van der Waals surface area contributed by atoms with Gasteiger partial charge in [0, 0.05) is 31.7 Å². The normalized spacial score (nSPS) is 17.4. The molecule has 0 radical (unpaired) electrons. The zero-order chi connectivity index (χ0) is 12.8. The average molecular weight is 247 g/mol. The average Bonchev–Trinajstić information content (AvgIpc) is 2.33. The van der Waals surface area contributed by atoms with Crippen LogP contribution in [0.2, 0.25) is 0 Å². The van der Waals surface area contributed by atoms with Crippen LogP contribution in [0.3, 0.4) is 0 Å². The fourth-order valence-electron chi connectivity index (χ4n) is 2.48. The monoisotopic (exact) mass is 247 g/mol. The van der Waals surface area contributed by atoms with Crippen molar-refractivity contribution in [3.63, 3.8) is 0 Å². The Balaban J connectivity index is 1.88. The molecule has 1 saturated heterocycles. The summed E-state index contributed by atoms with van der Waals surface area (Å²) in [6.07, 6.45) is 3.52. The molecule has 18 heavy (non-hydrogen) atoms. The van der Waals surface area contributed by atoms with Crippen molar-refractivity contribution < 1.29 is 4.74 Å². The van der Waals surface area contributed by atoms with E-state index in [4.69, 9.17) is 4.74 Å². The summed E-state index contributed by atoms with van der Waals surface area (Å²) >= 11 is 0. The van der Waals surface area contributed by atoms with E-state index >= 15 is 0 Å². The molecule has 2 rings (SSSR count). The number of aryl methyl sites for hydroxylation is 1. The molecule has 1 aliphatic heterocycles. The first-order valence-electron chi connectivity index (χ1n) is 7.12. The first-order chi connectivity index (χ1) is 8.77. The summed E-state index contributed by atoms with van der Waals surface area (Å²) < 4.78 is 5.72. The van der Waals surface area contributed by atoms with Gasteiger partial charge in [-0.1, -0.05) is 43.2 Å². The van der Waals surface area contributed by atoms with E-state index in [0.29, 0.717) is 5.41 Å². The minimum atomic E-state index is 0.319. The van der Waals surface area contributed by atoms with E-state index in [1.54, 1.807) is 0 Å². The fourth-order valence-corrected chi connectivity index (χ4v) is 2.48. The molecule has 0 amide bonds. The fraction of sp³-hybridized carbons (Fsp3) is 0.625. The zero-order valence-electron chi connectivity index (χ0n) is 11.7. The quantitative estimate of drug-likeness (QED) is 0.748. The van der Waals surface area contributed by atoms with Crippen LogP contribution in [0.4, 0.5) is 0 Å². The van der Waals surface area contributed by atoms with Crippen molar-refractivity contribution in [2.75, 3.05) is 26.3 Å². The maximum atomic E-state index is 5.72. The Labute approximate surface area is 111 Å². The van der Waals surface area contributed by atoms with Gasteiger partial charge in [-0.05, 0) is 25.3 Å². The summed E-state index contributed by atoms with van der Waals surface area (Å²) in [5, 5.41) is 3.41. The number of unbranched alkanes of at least 4 members (excludes halogenated alkanes) is 1. The van der Waals surface area contributed by atoms with E-state index < -0.39 is 0 Å². The number of ether oxygens (including phenoxy) is 1. The van der Waals surface area contributed by atoms with Gasteiger partial charge in [-0.25, -0.2) is 0 Å². The van der Waals surface area contributed by atoms with Gasteiger partial charge in [0.1, 0.15) is 0 Å². The van der Waals surface area contributed by atoms with Gasteiger partial charge >= 0.3 is 0 Å². The summed E-state index contributed by atoms with van der Waals surface area (Å²) in [6, 6.07) is 8.99. The Morgan fingerprint density at radius 2 is 1.89 bits per heavy atom. The molecule has 0 bridgehead atoms. The molecule has 1 fully saturated rings. The van der Waals surface area contributed by atoms with Crippen LogP contribution in [0.1, 0.15) is 37.3 Å². The van der Waals surface area contributed by atoms with Crippen LogP contribution in [0.15, 0.2) is 24.3 Å². The molecule has 1 aliphatic rings. The van der Waals surface area contributed by atoms with Gasteiger partial charge in [0.2, 0.25) is 0 Å². The molecule has 100 valence electrons. The van der Waals surface area contributed by atoms with Gasteiger partial charge in [-0.3, -0.25) is 0 Å². The molecule has 0 aliphatic carbocycles. The number of nitrogens with one attached hydrogen (secondary N) is 1. The Kier molecular flexibility index (Phi) is 4.79. The molecule has 0 atom stereocenters. The molecule has 1 aromatic rings. The van der Waals surface area contributed by atoms with Gasteiger partial charge in [-0.15, -0.1) is 0 Å². The third kappa shape index (κ3) is 3.12. The minimum Gasteiger partial charge on any atom is -0.381 e. The third-order valence-corrected chi connectivity index (χ3v) is 3.96. The number of hydrogen-bond donors (Lipinski definition) is 1. The van der Waals surface area contributed by atoms with Crippen LogP contribution >= 0.6 is 0 Å². The summed E-state index contributed by atoms with van der Waals surface area (Å²) in [5.74, 6) is 0. The van der Waals surface area contributed by atoms with Crippen LogP contribution in [-0.4, -0.2) is 26.3 Å². The van der Waals surface area contributed by atoms with Crippen molar-refractivity contribution in [2.24, 2.45) is 0 Å². The standard InChI is InChI=1S/C16H25NO/c1-3-4-10-18-11-9-16(12-17-13-16)15-7-5-14(2)6-8-15/h5-8,17H,3-4,9-13H2,1-2H3. The smallest absolute Gasteiger partial charge is 0.0475 e. The van der Waals surface area contributed by atoms with Crippen molar-refractivity contribution in [1.82, 2.24) is 5.32 Å². The van der Waals surface area contributed by atoms with Crippen LogP contribution in [0, 0.1) is 6.92 Å². The largest absolute Gasteiger partial charge is 0.381 e. The topological polar surface area (TPSA) is 21.3 Å². The van der Waals surface area contributed by atoms with Crippen molar-refractivity contribution in [3.05, 3.63) is 35.4 Å². The van der Waals surface area contributed by atoms with Gasteiger partial charge in [0.25, 0.3) is 0 Å². The van der Waals surface area contributed by atoms with Crippen molar-refractivity contribution in [1.29, 1.82) is 0 Å². The lowest BCUT2D eigenvalue weighted by Crippen LogP contribution is -2.57. The summed E-state index contributed by atoms with van der Waals surface area (Å²) in [5.41, 5.74) is 3.12. The Hall–Kier alpha value is -0.860. The molecule has 1 aromatic carbocycles. The Morgan fingerprint density at radius 1 is 1.17 bits per heavy atom.